The van der Waals surface area contributed by atoms with E-state index >= 15 is 0 Å². The van der Waals surface area contributed by atoms with Crippen LogP contribution in [0.1, 0.15) is 0 Å². The summed E-state index contributed by atoms with van der Waals surface area (Å²) in [5.41, 5.74) is 0. The third-order valence-electron chi connectivity index (χ3n) is 0.945. The minimum atomic E-state index is 0.0307. The number of aromatic hydroxyl groups is 1. The Kier molecular flexibility index (Phi) is 2.25. The molecule has 0 radical (unpaired) electrons. The van der Waals surface area contributed by atoms with E-state index in [-0.39, 0.29) is 5.75 Å². The van der Waals surface area contributed by atoms with Crippen LogP contribution >= 0.6 is 23.5 Å². The fourth-order valence-corrected chi connectivity index (χ4v) is 0.901. The molecule has 0 aliphatic heterocycles. The quantitative estimate of drug-likeness (QED) is 0.717. The third-order valence-corrected chi connectivity index (χ3v) is 1.34. The van der Waals surface area contributed by atoms with E-state index in [1.54, 1.807) is 0 Å². The fraction of sp³-hybridized carbons (Fsp3) is 0. The Morgan fingerprint density at radius 3 is 2.50 bits per heavy atom. The minimum Gasteiger partial charge on any atom is -0.508 e. The molecule has 0 atom stereocenters. The van der Waals surface area contributed by atoms with Gasteiger partial charge in [0.25, 0.3) is 0 Å². The van der Waals surface area contributed by atoms with Gasteiger partial charge in [-0.2, -0.15) is 0 Å². The van der Waals surface area contributed by atoms with Crippen LogP contribution in [0.3, 0.4) is 0 Å². The summed E-state index contributed by atoms with van der Waals surface area (Å²) in [5.74, 6) is 0.356. The van der Waals surface area contributed by atoms with Crippen LogP contribution in [-0.4, -0.2) is 5.11 Å². The number of phenolic OH excluding ortho intramolecular Hbond substituents is 1. The van der Waals surface area contributed by atoms with E-state index in [2.05, 4.69) is 4.29 Å². The lowest BCUT2D eigenvalue weighted by Crippen LogP contribution is -1.74. The molecule has 0 unspecified atom stereocenters. The average Bonchev–Trinajstić information content (AvgIpc) is 1.85. The molecule has 4 heteroatoms. The van der Waals surface area contributed by atoms with Gasteiger partial charge in [0.15, 0.2) is 5.75 Å². The van der Waals surface area contributed by atoms with Crippen molar-refractivity contribution in [2.24, 2.45) is 0 Å². The first-order chi connectivity index (χ1) is 4.72. The van der Waals surface area contributed by atoms with Gasteiger partial charge in [0.2, 0.25) is 0 Å². The van der Waals surface area contributed by atoms with Gasteiger partial charge in [0, 0.05) is 17.2 Å². The topological polar surface area (TPSA) is 29.5 Å². The average molecular weight is 179 g/mol. The van der Waals surface area contributed by atoms with E-state index in [0.717, 1.165) is 0 Å². The molecule has 1 rings (SSSR count). The lowest BCUT2D eigenvalue weighted by Gasteiger charge is -1.96. The van der Waals surface area contributed by atoms with E-state index in [9.17, 15) is 0 Å². The Morgan fingerprint density at radius 2 is 2.00 bits per heavy atom. The molecule has 1 aromatic rings. The Balaban J connectivity index is 3.06. The molecule has 10 heavy (non-hydrogen) atoms. The lowest BCUT2D eigenvalue weighted by molar-refractivity contribution is 0.471. The molecule has 1 aromatic carbocycles. The largest absolute Gasteiger partial charge is 0.508 e. The Morgan fingerprint density at radius 1 is 1.30 bits per heavy atom. The predicted molar refractivity (Wildman–Crippen MR) is 39.6 cm³/mol. The van der Waals surface area contributed by atoms with Crippen molar-refractivity contribution in [3.05, 3.63) is 23.2 Å². The molecular weight excluding hydrogens is 175 g/mol. The second-order valence-corrected chi connectivity index (χ2v) is 2.31. The number of rotatable bonds is 1. The molecule has 0 saturated carbocycles. The van der Waals surface area contributed by atoms with Crippen LogP contribution < -0.4 is 4.29 Å². The number of hydrogen-bond acceptors (Lipinski definition) is 2. The first kappa shape index (κ1) is 7.51. The highest BCUT2D eigenvalue weighted by atomic mass is 35.5. The minimum absolute atomic E-state index is 0.0307. The molecule has 54 valence electrons. The van der Waals surface area contributed by atoms with Crippen LogP contribution in [0.5, 0.6) is 11.5 Å². The normalized spacial score (nSPS) is 9.40. The van der Waals surface area contributed by atoms with Gasteiger partial charge < -0.3 is 9.40 Å². The number of phenols is 1. The van der Waals surface area contributed by atoms with E-state index < -0.39 is 0 Å². The molecule has 0 bridgehead atoms. The molecular formula is C6H4Cl2O2. The molecule has 0 amide bonds. The van der Waals surface area contributed by atoms with E-state index in [0.29, 0.717) is 10.8 Å². The SMILES string of the molecule is Oc1cc(Cl)cc(OCl)c1. The van der Waals surface area contributed by atoms with E-state index in [4.69, 9.17) is 28.6 Å². The molecule has 0 aliphatic rings. The standard InChI is InChI=1S/C6H4Cl2O2/c7-4-1-5(9)3-6(2-4)10-8/h1-3,9H. The Labute approximate surface area is 68.1 Å². The predicted octanol–water partition coefficient (Wildman–Crippen LogP) is 2.58. The van der Waals surface area contributed by atoms with Crippen LogP contribution in [0, 0.1) is 0 Å². The molecule has 0 fully saturated rings. The monoisotopic (exact) mass is 178 g/mol. The first-order valence-corrected chi connectivity index (χ1v) is 3.19. The molecule has 0 aromatic heterocycles. The zero-order valence-corrected chi connectivity index (χ0v) is 6.36. The van der Waals surface area contributed by atoms with Crippen molar-refractivity contribution in [1.82, 2.24) is 0 Å². The Hall–Kier alpha value is -0.600. The molecule has 0 saturated heterocycles. The van der Waals surface area contributed by atoms with Crippen molar-refractivity contribution in [3.8, 4) is 11.5 Å². The highest BCUT2D eigenvalue weighted by Gasteiger charge is 1.97. The third kappa shape index (κ3) is 1.69. The van der Waals surface area contributed by atoms with Gasteiger partial charge in [-0.25, -0.2) is 0 Å². The van der Waals surface area contributed by atoms with Gasteiger partial charge in [0.1, 0.15) is 17.6 Å². The van der Waals surface area contributed by atoms with Gasteiger partial charge in [-0.3, -0.25) is 0 Å². The van der Waals surface area contributed by atoms with Crippen molar-refractivity contribution in [2.75, 3.05) is 0 Å². The van der Waals surface area contributed by atoms with Crippen molar-refractivity contribution >= 4 is 23.5 Å². The van der Waals surface area contributed by atoms with Crippen molar-refractivity contribution in [2.45, 2.75) is 0 Å². The highest BCUT2D eigenvalue weighted by Crippen LogP contribution is 2.25. The summed E-state index contributed by atoms with van der Waals surface area (Å²) >= 11 is 10.5. The summed E-state index contributed by atoms with van der Waals surface area (Å²) in [6.07, 6.45) is 0. The number of hydrogen-bond donors (Lipinski definition) is 1. The van der Waals surface area contributed by atoms with Gasteiger partial charge in [-0.15, -0.1) is 0 Å². The van der Waals surface area contributed by atoms with Crippen LogP contribution in [0.2, 0.25) is 5.02 Å². The molecule has 2 nitrogen and oxygen atoms in total. The molecule has 0 spiro atoms. The summed E-state index contributed by atoms with van der Waals surface area (Å²) in [7, 11) is 0. The lowest BCUT2D eigenvalue weighted by atomic mass is 10.3. The second-order valence-electron chi connectivity index (χ2n) is 1.72. The second kappa shape index (κ2) is 2.99. The summed E-state index contributed by atoms with van der Waals surface area (Å²) in [5, 5.41) is 9.29. The van der Waals surface area contributed by atoms with E-state index in [1.807, 2.05) is 0 Å². The van der Waals surface area contributed by atoms with Crippen LogP contribution in [-0.2, 0) is 0 Å². The maximum absolute atomic E-state index is 8.90. The van der Waals surface area contributed by atoms with Crippen molar-refractivity contribution in [3.63, 3.8) is 0 Å². The van der Waals surface area contributed by atoms with Gasteiger partial charge >= 0.3 is 0 Å². The highest BCUT2D eigenvalue weighted by molar-refractivity contribution is 6.30. The van der Waals surface area contributed by atoms with Crippen LogP contribution in [0.4, 0.5) is 0 Å². The van der Waals surface area contributed by atoms with E-state index in [1.165, 1.54) is 18.2 Å². The summed E-state index contributed by atoms with van der Waals surface area (Å²) < 4.78 is 4.30. The number of benzene rings is 1. The molecule has 0 heterocycles. The molecule has 1 N–H and O–H groups in total. The van der Waals surface area contributed by atoms with Crippen molar-refractivity contribution < 1.29 is 9.40 Å². The zero-order chi connectivity index (χ0) is 7.56. The van der Waals surface area contributed by atoms with Crippen LogP contribution in [0.15, 0.2) is 18.2 Å². The van der Waals surface area contributed by atoms with Gasteiger partial charge in [-0.1, -0.05) is 11.6 Å². The first-order valence-electron chi connectivity index (χ1n) is 2.50. The summed E-state index contributed by atoms with van der Waals surface area (Å²) in [4.78, 5) is 0. The smallest absolute Gasteiger partial charge is 0.151 e. The maximum Gasteiger partial charge on any atom is 0.151 e. The molecule has 0 aliphatic carbocycles. The van der Waals surface area contributed by atoms with Crippen molar-refractivity contribution in [1.29, 1.82) is 0 Å². The number of halogens is 2. The van der Waals surface area contributed by atoms with Crippen LogP contribution in [0.25, 0.3) is 0 Å². The van der Waals surface area contributed by atoms with Gasteiger partial charge in [0.05, 0.1) is 0 Å². The van der Waals surface area contributed by atoms with Gasteiger partial charge in [-0.05, 0) is 6.07 Å². The maximum atomic E-state index is 8.90. The summed E-state index contributed by atoms with van der Waals surface area (Å²) in [6.45, 7) is 0. The Bertz CT molecular complexity index is 217. The summed E-state index contributed by atoms with van der Waals surface area (Å²) in [6, 6.07) is 4.24. The fourth-order valence-electron chi connectivity index (χ4n) is 0.592. The zero-order valence-electron chi connectivity index (χ0n) is 4.84.